The summed E-state index contributed by atoms with van der Waals surface area (Å²) < 4.78 is 0. The van der Waals surface area contributed by atoms with Gasteiger partial charge in [-0.25, -0.2) is 4.98 Å². The lowest BCUT2D eigenvalue weighted by Crippen LogP contribution is -2.43. The van der Waals surface area contributed by atoms with Crippen molar-refractivity contribution in [3.8, 4) is 0 Å². The van der Waals surface area contributed by atoms with Crippen molar-refractivity contribution in [1.29, 1.82) is 0 Å². The van der Waals surface area contributed by atoms with Crippen LogP contribution in [0, 0.1) is 11.8 Å². The number of para-hydroxylation sites is 2. The molecular weight excluding hydrogens is 288 g/mol. The van der Waals surface area contributed by atoms with E-state index in [1.165, 1.54) is 0 Å². The zero-order chi connectivity index (χ0) is 16.2. The summed E-state index contributed by atoms with van der Waals surface area (Å²) in [5.41, 5.74) is 2.03. The average molecular weight is 314 g/mol. The lowest BCUT2D eigenvalue weighted by Gasteiger charge is -2.31. The smallest absolute Gasteiger partial charge is 0.224 e. The van der Waals surface area contributed by atoms with Crippen LogP contribution >= 0.6 is 0 Å². The van der Waals surface area contributed by atoms with Gasteiger partial charge in [0.05, 0.1) is 17.0 Å². The third-order valence-corrected chi connectivity index (χ3v) is 4.49. The van der Waals surface area contributed by atoms with Crippen LogP contribution in [0.25, 0.3) is 11.0 Å². The van der Waals surface area contributed by atoms with E-state index in [2.05, 4.69) is 34.0 Å². The van der Waals surface area contributed by atoms with Crippen molar-refractivity contribution in [2.45, 2.75) is 33.1 Å². The quantitative estimate of drug-likeness (QED) is 0.892. The Labute approximate surface area is 137 Å². The number of amides is 1. The maximum atomic E-state index is 12.4. The molecule has 0 aliphatic carbocycles. The number of aromatic amines is 1. The van der Waals surface area contributed by atoms with Crippen LogP contribution in [0.5, 0.6) is 0 Å². The van der Waals surface area contributed by atoms with Crippen molar-refractivity contribution in [3.05, 3.63) is 24.3 Å². The molecule has 0 saturated carbocycles. The fraction of sp³-hybridized carbons (Fsp3) is 0.556. The number of anilines is 1. The number of imidazole rings is 1. The van der Waals surface area contributed by atoms with E-state index in [4.69, 9.17) is 0 Å². The molecule has 1 amide bonds. The maximum Gasteiger partial charge on any atom is 0.224 e. The molecule has 1 aromatic heterocycles. The highest BCUT2D eigenvalue weighted by Crippen LogP contribution is 2.23. The molecule has 1 aliphatic rings. The van der Waals surface area contributed by atoms with Gasteiger partial charge in [0.1, 0.15) is 0 Å². The number of rotatable bonds is 5. The van der Waals surface area contributed by atoms with Crippen LogP contribution in [-0.2, 0) is 4.79 Å². The van der Waals surface area contributed by atoms with Gasteiger partial charge in [0.15, 0.2) is 0 Å². The number of carbonyl (C=O) groups is 1. The molecular formula is C18H26N4O. The van der Waals surface area contributed by atoms with Gasteiger partial charge in [-0.2, -0.15) is 0 Å². The first-order chi connectivity index (χ1) is 11.1. The molecule has 124 valence electrons. The second kappa shape index (κ2) is 7.02. The molecule has 1 saturated heterocycles. The molecule has 1 aliphatic heterocycles. The van der Waals surface area contributed by atoms with E-state index in [1.54, 1.807) is 0 Å². The van der Waals surface area contributed by atoms with Crippen molar-refractivity contribution < 1.29 is 4.79 Å². The van der Waals surface area contributed by atoms with Crippen LogP contribution in [0.2, 0.25) is 0 Å². The van der Waals surface area contributed by atoms with Gasteiger partial charge in [0.25, 0.3) is 0 Å². The number of hydrogen-bond acceptors (Lipinski definition) is 3. The minimum absolute atomic E-state index is 0.0594. The van der Waals surface area contributed by atoms with E-state index < -0.39 is 0 Å². The summed E-state index contributed by atoms with van der Waals surface area (Å²) >= 11 is 0. The summed E-state index contributed by atoms with van der Waals surface area (Å²) in [6, 6.07) is 8.04. The lowest BCUT2D eigenvalue weighted by atomic mass is 9.97. The summed E-state index contributed by atoms with van der Waals surface area (Å²) in [7, 11) is 0. The monoisotopic (exact) mass is 314 g/mol. The second-order valence-corrected chi connectivity index (χ2v) is 6.84. The Morgan fingerprint density at radius 3 is 3.04 bits per heavy atom. The Morgan fingerprint density at radius 1 is 1.43 bits per heavy atom. The molecule has 5 nitrogen and oxygen atoms in total. The molecule has 23 heavy (non-hydrogen) atoms. The van der Waals surface area contributed by atoms with Crippen LogP contribution in [0.15, 0.2) is 24.3 Å². The number of H-pyrrole nitrogens is 1. The van der Waals surface area contributed by atoms with Gasteiger partial charge in [0.2, 0.25) is 11.9 Å². The molecule has 5 heteroatoms. The molecule has 1 fully saturated rings. The minimum Gasteiger partial charge on any atom is -0.356 e. The van der Waals surface area contributed by atoms with Crippen LogP contribution in [0.4, 0.5) is 5.95 Å². The van der Waals surface area contributed by atoms with E-state index in [0.29, 0.717) is 5.92 Å². The van der Waals surface area contributed by atoms with Gasteiger partial charge in [0, 0.05) is 19.6 Å². The third kappa shape index (κ3) is 3.84. The van der Waals surface area contributed by atoms with Gasteiger partial charge in [-0.3, -0.25) is 4.79 Å². The van der Waals surface area contributed by atoms with Crippen LogP contribution < -0.4 is 10.2 Å². The van der Waals surface area contributed by atoms with Gasteiger partial charge in [-0.05, 0) is 37.3 Å². The van der Waals surface area contributed by atoms with Crippen LogP contribution in [0.3, 0.4) is 0 Å². The zero-order valence-corrected chi connectivity index (χ0v) is 14.0. The van der Waals surface area contributed by atoms with Crippen molar-refractivity contribution in [3.63, 3.8) is 0 Å². The first kappa shape index (κ1) is 15.8. The van der Waals surface area contributed by atoms with E-state index in [9.17, 15) is 4.79 Å². The number of benzene rings is 1. The number of piperidine rings is 1. The van der Waals surface area contributed by atoms with E-state index in [1.807, 2.05) is 24.3 Å². The molecule has 2 aromatic rings. The van der Waals surface area contributed by atoms with Gasteiger partial charge in [-0.15, -0.1) is 0 Å². The lowest BCUT2D eigenvalue weighted by molar-refractivity contribution is -0.125. The SMILES string of the molecule is CC(C)CCNC(=O)[C@H]1CCCN(c2nc3ccccc3[nH]2)C1. The number of nitrogens with zero attached hydrogens (tertiary/aromatic N) is 2. The predicted octanol–water partition coefficient (Wildman–Crippen LogP) is 2.94. The number of nitrogens with one attached hydrogen (secondary N) is 2. The van der Waals surface area contributed by atoms with Crippen molar-refractivity contribution in [1.82, 2.24) is 15.3 Å². The van der Waals surface area contributed by atoms with Crippen molar-refractivity contribution in [2.75, 3.05) is 24.5 Å². The zero-order valence-electron chi connectivity index (χ0n) is 14.0. The van der Waals surface area contributed by atoms with Crippen LogP contribution in [-0.4, -0.2) is 35.5 Å². The molecule has 0 radical (unpaired) electrons. The van der Waals surface area contributed by atoms with Gasteiger partial charge in [-0.1, -0.05) is 26.0 Å². The van der Waals surface area contributed by atoms with Gasteiger partial charge >= 0.3 is 0 Å². The molecule has 1 atom stereocenters. The molecule has 2 N–H and O–H groups in total. The normalized spacial score (nSPS) is 18.6. The largest absolute Gasteiger partial charge is 0.356 e. The van der Waals surface area contributed by atoms with Gasteiger partial charge < -0.3 is 15.2 Å². The topological polar surface area (TPSA) is 61.0 Å². The Balaban J connectivity index is 1.62. The Bertz CT molecular complexity index is 631. The second-order valence-electron chi connectivity index (χ2n) is 6.84. The highest BCUT2D eigenvalue weighted by atomic mass is 16.1. The highest BCUT2D eigenvalue weighted by Gasteiger charge is 2.27. The molecule has 2 heterocycles. The van der Waals surface area contributed by atoms with Crippen molar-refractivity contribution >= 4 is 22.9 Å². The summed E-state index contributed by atoms with van der Waals surface area (Å²) in [5, 5.41) is 3.09. The minimum atomic E-state index is 0.0594. The summed E-state index contributed by atoms with van der Waals surface area (Å²) in [6.45, 7) is 6.83. The molecule has 3 rings (SSSR count). The maximum absolute atomic E-state index is 12.4. The van der Waals surface area contributed by atoms with Crippen molar-refractivity contribution in [2.24, 2.45) is 11.8 Å². The van der Waals surface area contributed by atoms with Crippen LogP contribution in [0.1, 0.15) is 33.1 Å². The number of carbonyl (C=O) groups excluding carboxylic acids is 1. The standard InChI is InChI=1S/C18H26N4O/c1-13(2)9-10-19-17(23)14-6-5-11-22(12-14)18-20-15-7-3-4-8-16(15)21-18/h3-4,7-8,13-14H,5-6,9-12H2,1-2H3,(H,19,23)(H,20,21)/t14-/m0/s1. The summed E-state index contributed by atoms with van der Waals surface area (Å²) in [5.74, 6) is 1.75. The number of fused-ring (bicyclic) bond motifs is 1. The average Bonchev–Trinajstić information content (AvgIpc) is 2.98. The Kier molecular flexibility index (Phi) is 4.84. The molecule has 1 aromatic carbocycles. The first-order valence-corrected chi connectivity index (χ1v) is 8.61. The van der Waals surface area contributed by atoms with E-state index in [0.717, 1.165) is 55.9 Å². The fourth-order valence-corrected chi connectivity index (χ4v) is 3.10. The highest BCUT2D eigenvalue weighted by molar-refractivity contribution is 5.80. The van der Waals surface area contributed by atoms with E-state index >= 15 is 0 Å². The third-order valence-electron chi connectivity index (χ3n) is 4.49. The molecule has 0 bridgehead atoms. The number of aromatic nitrogens is 2. The fourth-order valence-electron chi connectivity index (χ4n) is 3.10. The van der Waals surface area contributed by atoms with E-state index in [-0.39, 0.29) is 11.8 Å². The summed E-state index contributed by atoms with van der Waals surface area (Å²) in [4.78, 5) is 22.6. The Hall–Kier alpha value is -2.04. The first-order valence-electron chi connectivity index (χ1n) is 8.61. The molecule has 0 spiro atoms. The number of hydrogen-bond donors (Lipinski definition) is 2. The predicted molar refractivity (Wildman–Crippen MR) is 93.5 cm³/mol. The Morgan fingerprint density at radius 2 is 2.26 bits per heavy atom. The summed E-state index contributed by atoms with van der Waals surface area (Å²) in [6.07, 6.45) is 3.02. The molecule has 0 unspecified atom stereocenters.